The van der Waals surface area contributed by atoms with Gasteiger partial charge in [0.25, 0.3) is 5.91 Å². The lowest BCUT2D eigenvalue weighted by Gasteiger charge is -2.37. The Hall–Kier alpha value is -1.55. The number of nitrogen functional groups attached to an aromatic ring is 1. The largest absolute Gasteiger partial charge is 0.398 e. The van der Waals surface area contributed by atoms with E-state index in [9.17, 15) is 4.79 Å². The van der Waals surface area contributed by atoms with Gasteiger partial charge in [-0.2, -0.15) is 0 Å². The van der Waals surface area contributed by atoms with Crippen LogP contribution in [-0.4, -0.2) is 48.4 Å². The van der Waals surface area contributed by atoms with E-state index >= 15 is 0 Å². The molecule has 1 aliphatic rings. The van der Waals surface area contributed by atoms with Gasteiger partial charge in [0.1, 0.15) is 0 Å². The van der Waals surface area contributed by atoms with Gasteiger partial charge in [-0.25, -0.2) is 0 Å². The Morgan fingerprint density at radius 1 is 1.35 bits per heavy atom. The van der Waals surface area contributed by atoms with Crippen molar-refractivity contribution in [3.63, 3.8) is 0 Å². The van der Waals surface area contributed by atoms with Crippen LogP contribution in [0.4, 0.5) is 5.69 Å². The maximum absolute atomic E-state index is 12.3. The number of benzene rings is 1. The van der Waals surface area contributed by atoms with Gasteiger partial charge in [0.2, 0.25) is 0 Å². The predicted molar refractivity (Wildman–Crippen MR) is 68.8 cm³/mol. The lowest BCUT2D eigenvalue weighted by Crippen LogP contribution is -2.52. The van der Waals surface area contributed by atoms with E-state index < -0.39 is 0 Å². The SMILES string of the molecule is CC1CN(C(=O)c2ccccc2N)CCN1C. The number of carbonyl (C=O) groups is 1. The summed E-state index contributed by atoms with van der Waals surface area (Å²) in [5, 5.41) is 0. The summed E-state index contributed by atoms with van der Waals surface area (Å²) in [4.78, 5) is 16.4. The Bertz CT molecular complexity index is 419. The Labute approximate surface area is 102 Å². The van der Waals surface area contributed by atoms with E-state index in [1.165, 1.54) is 0 Å². The molecule has 1 aliphatic heterocycles. The van der Waals surface area contributed by atoms with Crippen molar-refractivity contribution in [2.45, 2.75) is 13.0 Å². The normalized spacial score (nSPS) is 21.5. The van der Waals surface area contributed by atoms with Crippen molar-refractivity contribution >= 4 is 11.6 Å². The molecule has 1 unspecified atom stereocenters. The van der Waals surface area contributed by atoms with Crippen LogP contribution >= 0.6 is 0 Å². The van der Waals surface area contributed by atoms with Gasteiger partial charge in [-0.1, -0.05) is 12.1 Å². The van der Waals surface area contributed by atoms with Gasteiger partial charge < -0.3 is 15.5 Å². The number of likely N-dealkylation sites (N-methyl/N-ethyl adjacent to an activating group) is 1. The highest BCUT2D eigenvalue weighted by Gasteiger charge is 2.25. The molecule has 0 aromatic heterocycles. The number of carbonyl (C=O) groups excluding carboxylic acids is 1. The summed E-state index contributed by atoms with van der Waals surface area (Å²) in [6, 6.07) is 7.66. The minimum Gasteiger partial charge on any atom is -0.398 e. The molecule has 1 amide bonds. The third kappa shape index (κ3) is 2.42. The van der Waals surface area contributed by atoms with E-state index in [2.05, 4.69) is 18.9 Å². The number of para-hydroxylation sites is 1. The molecule has 1 aromatic rings. The summed E-state index contributed by atoms with van der Waals surface area (Å²) in [5.74, 6) is 0.0445. The van der Waals surface area contributed by atoms with E-state index in [1.54, 1.807) is 12.1 Å². The molecule has 2 rings (SSSR count). The Kier molecular flexibility index (Phi) is 3.33. The van der Waals surface area contributed by atoms with Crippen LogP contribution < -0.4 is 5.73 Å². The number of amides is 1. The molecule has 0 saturated carbocycles. The standard InChI is InChI=1S/C13H19N3O/c1-10-9-16(8-7-15(10)2)13(17)11-5-3-4-6-12(11)14/h3-6,10H,7-9,14H2,1-2H3. The molecule has 4 heteroatoms. The van der Waals surface area contributed by atoms with Crippen LogP contribution in [0.3, 0.4) is 0 Å². The number of piperazine rings is 1. The van der Waals surface area contributed by atoms with Crippen molar-refractivity contribution in [2.24, 2.45) is 0 Å². The molecule has 0 bridgehead atoms. The zero-order chi connectivity index (χ0) is 12.4. The van der Waals surface area contributed by atoms with Crippen LogP contribution in [0.2, 0.25) is 0 Å². The van der Waals surface area contributed by atoms with E-state index in [0.29, 0.717) is 17.3 Å². The second-order valence-corrected chi connectivity index (χ2v) is 4.67. The molecule has 1 saturated heterocycles. The molecule has 1 atom stereocenters. The lowest BCUT2D eigenvalue weighted by atomic mass is 10.1. The zero-order valence-electron chi connectivity index (χ0n) is 10.4. The molecule has 1 fully saturated rings. The molecular weight excluding hydrogens is 214 g/mol. The van der Waals surface area contributed by atoms with Crippen molar-refractivity contribution in [3.8, 4) is 0 Å². The average molecular weight is 233 g/mol. The van der Waals surface area contributed by atoms with Crippen LogP contribution in [-0.2, 0) is 0 Å². The molecule has 17 heavy (non-hydrogen) atoms. The highest BCUT2D eigenvalue weighted by atomic mass is 16.2. The van der Waals surface area contributed by atoms with Crippen LogP contribution in [0.15, 0.2) is 24.3 Å². The Morgan fingerprint density at radius 2 is 2.06 bits per heavy atom. The van der Waals surface area contributed by atoms with Gasteiger partial charge in [-0.05, 0) is 26.1 Å². The number of rotatable bonds is 1. The molecule has 1 aromatic carbocycles. The fourth-order valence-electron chi connectivity index (χ4n) is 2.10. The lowest BCUT2D eigenvalue weighted by molar-refractivity contribution is 0.0573. The smallest absolute Gasteiger partial charge is 0.256 e. The van der Waals surface area contributed by atoms with Gasteiger partial charge in [0.05, 0.1) is 5.56 Å². The zero-order valence-corrected chi connectivity index (χ0v) is 10.4. The molecule has 92 valence electrons. The van der Waals surface area contributed by atoms with Gasteiger partial charge >= 0.3 is 0 Å². The maximum atomic E-state index is 12.3. The Balaban J connectivity index is 2.14. The third-order valence-corrected chi connectivity index (χ3v) is 3.44. The molecule has 1 heterocycles. The first-order valence-electron chi connectivity index (χ1n) is 5.93. The van der Waals surface area contributed by atoms with E-state index in [4.69, 9.17) is 5.73 Å². The first kappa shape index (κ1) is 11.9. The predicted octanol–water partition coefficient (Wildman–Crippen LogP) is 1.04. The molecule has 2 N–H and O–H groups in total. The van der Waals surface area contributed by atoms with Crippen molar-refractivity contribution in [2.75, 3.05) is 32.4 Å². The van der Waals surface area contributed by atoms with Gasteiger partial charge in [-0.3, -0.25) is 4.79 Å². The van der Waals surface area contributed by atoms with Crippen molar-refractivity contribution in [3.05, 3.63) is 29.8 Å². The Morgan fingerprint density at radius 3 is 2.71 bits per heavy atom. The molecule has 0 aliphatic carbocycles. The summed E-state index contributed by atoms with van der Waals surface area (Å²) in [7, 11) is 2.09. The van der Waals surface area contributed by atoms with Crippen LogP contribution in [0, 0.1) is 0 Å². The molecule has 4 nitrogen and oxygen atoms in total. The molecule has 0 radical (unpaired) electrons. The van der Waals surface area contributed by atoms with Crippen molar-refractivity contribution in [1.29, 1.82) is 0 Å². The first-order chi connectivity index (χ1) is 8.09. The summed E-state index contributed by atoms with van der Waals surface area (Å²) < 4.78 is 0. The minimum absolute atomic E-state index is 0.0445. The molecular formula is C13H19N3O. The number of hydrogen-bond donors (Lipinski definition) is 1. The summed E-state index contributed by atoms with van der Waals surface area (Å²) in [6.07, 6.45) is 0. The summed E-state index contributed by atoms with van der Waals surface area (Å²) in [6.45, 7) is 4.59. The minimum atomic E-state index is 0.0445. The fourth-order valence-corrected chi connectivity index (χ4v) is 2.10. The maximum Gasteiger partial charge on any atom is 0.256 e. The van der Waals surface area contributed by atoms with E-state index in [-0.39, 0.29) is 5.91 Å². The van der Waals surface area contributed by atoms with Gasteiger partial charge in [0.15, 0.2) is 0 Å². The van der Waals surface area contributed by atoms with Crippen LogP contribution in [0.25, 0.3) is 0 Å². The van der Waals surface area contributed by atoms with Crippen molar-refractivity contribution in [1.82, 2.24) is 9.80 Å². The number of hydrogen-bond acceptors (Lipinski definition) is 3. The highest BCUT2D eigenvalue weighted by molar-refractivity contribution is 5.99. The highest BCUT2D eigenvalue weighted by Crippen LogP contribution is 2.16. The fraction of sp³-hybridized carbons (Fsp3) is 0.462. The van der Waals surface area contributed by atoms with Crippen LogP contribution in [0.5, 0.6) is 0 Å². The van der Waals surface area contributed by atoms with Gasteiger partial charge in [-0.15, -0.1) is 0 Å². The van der Waals surface area contributed by atoms with Crippen LogP contribution in [0.1, 0.15) is 17.3 Å². The number of nitrogens with zero attached hydrogens (tertiary/aromatic N) is 2. The van der Waals surface area contributed by atoms with Gasteiger partial charge in [0, 0.05) is 31.4 Å². The quantitative estimate of drug-likeness (QED) is 0.737. The third-order valence-electron chi connectivity index (χ3n) is 3.44. The van der Waals surface area contributed by atoms with E-state index in [1.807, 2.05) is 17.0 Å². The monoisotopic (exact) mass is 233 g/mol. The summed E-state index contributed by atoms with van der Waals surface area (Å²) in [5.41, 5.74) is 7.01. The topological polar surface area (TPSA) is 49.6 Å². The second kappa shape index (κ2) is 4.75. The second-order valence-electron chi connectivity index (χ2n) is 4.67. The number of anilines is 1. The van der Waals surface area contributed by atoms with E-state index in [0.717, 1.165) is 19.6 Å². The first-order valence-corrected chi connectivity index (χ1v) is 5.93. The summed E-state index contributed by atoms with van der Waals surface area (Å²) >= 11 is 0. The molecule has 0 spiro atoms. The average Bonchev–Trinajstić information content (AvgIpc) is 2.32. The number of nitrogens with two attached hydrogens (primary N) is 1. The van der Waals surface area contributed by atoms with Crippen molar-refractivity contribution < 1.29 is 4.79 Å².